The van der Waals surface area contributed by atoms with E-state index >= 15 is 0 Å². The molecule has 1 saturated carbocycles. The van der Waals surface area contributed by atoms with Crippen LogP contribution in [0.1, 0.15) is 64.7 Å². The van der Waals surface area contributed by atoms with E-state index in [1.54, 1.807) is 6.92 Å². The van der Waals surface area contributed by atoms with Gasteiger partial charge in [-0.05, 0) is 57.9 Å². The molecule has 11 nitrogen and oxygen atoms in total. The van der Waals surface area contributed by atoms with Gasteiger partial charge in [0.2, 0.25) is 17.7 Å². The van der Waals surface area contributed by atoms with Crippen LogP contribution < -0.4 is 16.0 Å². The predicted octanol–water partition coefficient (Wildman–Crippen LogP) is 0.840. The van der Waals surface area contributed by atoms with E-state index < -0.39 is 29.5 Å². The maximum atomic E-state index is 13.2. The van der Waals surface area contributed by atoms with Gasteiger partial charge in [-0.15, -0.1) is 12.4 Å². The van der Waals surface area contributed by atoms with Crippen molar-refractivity contribution in [2.24, 2.45) is 5.92 Å². The fraction of sp³-hybridized carbons (Fsp3) is 0.840. The van der Waals surface area contributed by atoms with Crippen molar-refractivity contribution in [2.75, 3.05) is 46.1 Å². The summed E-state index contributed by atoms with van der Waals surface area (Å²) in [5.41, 5.74) is -0.990. The second-order valence-electron chi connectivity index (χ2n) is 10.4. The summed E-state index contributed by atoms with van der Waals surface area (Å²) in [6.07, 6.45) is 8.36. The maximum Gasteiger partial charge on any atom is 0.328 e. The highest BCUT2D eigenvalue weighted by Crippen LogP contribution is 2.24. The molecule has 0 unspecified atom stereocenters. The van der Waals surface area contributed by atoms with E-state index in [9.17, 15) is 24.3 Å². The SMILES string of the molecule is C[C@@]1(NCC2CCCCC2)COCCCCOC[C@@H](C(=O)O)NC(=O)[C@@H]2CCCN2C(=O)CNC1=O.Cl. The van der Waals surface area contributed by atoms with Crippen LogP contribution >= 0.6 is 12.4 Å². The lowest BCUT2D eigenvalue weighted by Gasteiger charge is -2.33. The summed E-state index contributed by atoms with van der Waals surface area (Å²) in [6.45, 7) is 3.41. The van der Waals surface area contributed by atoms with Crippen LogP contribution in [-0.4, -0.2) is 97.4 Å². The fourth-order valence-electron chi connectivity index (χ4n) is 5.08. The minimum Gasteiger partial charge on any atom is -0.480 e. The molecule has 2 saturated heterocycles. The molecule has 1 aliphatic carbocycles. The van der Waals surface area contributed by atoms with E-state index in [0.29, 0.717) is 57.9 Å². The van der Waals surface area contributed by atoms with E-state index in [4.69, 9.17) is 9.47 Å². The minimum absolute atomic E-state index is 0. The summed E-state index contributed by atoms with van der Waals surface area (Å²) in [4.78, 5) is 52.0. The molecule has 0 spiro atoms. The van der Waals surface area contributed by atoms with Crippen LogP contribution in [0, 0.1) is 5.92 Å². The van der Waals surface area contributed by atoms with Crippen molar-refractivity contribution in [2.45, 2.75) is 82.3 Å². The molecule has 0 aromatic heterocycles. The van der Waals surface area contributed by atoms with E-state index in [2.05, 4.69) is 16.0 Å². The molecule has 0 aromatic rings. The summed E-state index contributed by atoms with van der Waals surface area (Å²) in [6, 6.07) is -1.96. The number of aliphatic carboxylic acids is 1. The van der Waals surface area contributed by atoms with Gasteiger partial charge in [0.15, 0.2) is 6.04 Å². The van der Waals surface area contributed by atoms with Gasteiger partial charge in [-0.1, -0.05) is 19.3 Å². The quantitative estimate of drug-likeness (QED) is 0.406. The molecule has 3 aliphatic rings. The number of halogens is 1. The largest absolute Gasteiger partial charge is 0.480 e. The molecule has 3 fully saturated rings. The Labute approximate surface area is 225 Å². The lowest BCUT2D eigenvalue weighted by Crippen LogP contribution is -2.60. The van der Waals surface area contributed by atoms with Crippen LogP contribution in [0.3, 0.4) is 0 Å². The van der Waals surface area contributed by atoms with Crippen LogP contribution in [0.4, 0.5) is 0 Å². The number of ether oxygens (including phenoxy) is 2. The number of carboxylic acids is 1. The third kappa shape index (κ3) is 9.38. The number of amides is 3. The van der Waals surface area contributed by atoms with Gasteiger partial charge in [0.25, 0.3) is 0 Å². The topological polar surface area (TPSA) is 146 Å². The van der Waals surface area contributed by atoms with Crippen LogP contribution in [0.15, 0.2) is 0 Å². The zero-order chi connectivity index (χ0) is 26.0. The molecule has 2 aliphatic heterocycles. The summed E-state index contributed by atoms with van der Waals surface area (Å²) in [5.74, 6) is -1.88. The Morgan fingerprint density at radius 3 is 2.46 bits per heavy atom. The molecule has 3 rings (SSSR count). The molecule has 212 valence electrons. The molecule has 4 N–H and O–H groups in total. The molecule has 3 amide bonds. The first-order valence-corrected chi connectivity index (χ1v) is 13.3. The van der Waals surface area contributed by atoms with Crippen LogP contribution in [0.2, 0.25) is 0 Å². The fourth-order valence-corrected chi connectivity index (χ4v) is 5.08. The van der Waals surface area contributed by atoms with Crippen LogP contribution in [0.5, 0.6) is 0 Å². The number of fused-ring (bicyclic) bond motifs is 1. The average molecular weight is 547 g/mol. The van der Waals surface area contributed by atoms with Crippen LogP contribution in [0.25, 0.3) is 0 Å². The first-order valence-electron chi connectivity index (χ1n) is 13.3. The van der Waals surface area contributed by atoms with Crippen molar-refractivity contribution < 1.29 is 33.8 Å². The summed E-state index contributed by atoms with van der Waals surface area (Å²) in [5, 5.41) is 18.1. The smallest absolute Gasteiger partial charge is 0.328 e. The summed E-state index contributed by atoms with van der Waals surface area (Å²) < 4.78 is 11.3. The van der Waals surface area contributed by atoms with E-state index in [-0.39, 0.29) is 44.0 Å². The Hall–Kier alpha value is -1.95. The first kappa shape index (κ1) is 31.3. The molecular weight excluding hydrogens is 504 g/mol. The number of carbonyl (C=O) groups excluding carboxylic acids is 3. The molecule has 37 heavy (non-hydrogen) atoms. The highest BCUT2D eigenvalue weighted by molar-refractivity contribution is 5.93. The van der Waals surface area contributed by atoms with Gasteiger partial charge < -0.3 is 35.4 Å². The number of hydrogen-bond donors (Lipinski definition) is 4. The van der Waals surface area contributed by atoms with Gasteiger partial charge in [0, 0.05) is 19.8 Å². The number of hydrogen-bond acceptors (Lipinski definition) is 7. The third-order valence-corrected chi connectivity index (χ3v) is 7.40. The highest BCUT2D eigenvalue weighted by Gasteiger charge is 2.38. The second-order valence-corrected chi connectivity index (χ2v) is 10.4. The lowest BCUT2D eigenvalue weighted by atomic mass is 9.88. The molecule has 2 heterocycles. The number of rotatable bonds is 4. The molecular formula is C25H43ClN4O7. The van der Waals surface area contributed by atoms with Gasteiger partial charge in [-0.3, -0.25) is 14.4 Å². The number of carboxylic acid groups (broad SMARTS) is 1. The Kier molecular flexibility index (Phi) is 13.1. The van der Waals surface area contributed by atoms with Gasteiger partial charge in [0.1, 0.15) is 11.6 Å². The normalized spacial score (nSPS) is 29.8. The zero-order valence-corrected chi connectivity index (χ0v) is 22.6. The molecule has 12 heteroatoms. The van der Waals surface area contributed by atoms with Crippen molar-refractivity contribution in [1.82, 2.24) is 20.9 Å². The predicted molar refractivity (Wildman–Crippen MR) is 138 cm³/mol. The van der Waals surface area contributed by atoms with Crippen LogP contribution in [-0.2, 0) is 28.7 Å². The summed E-state index contributed by atoms with van der Waals surface area (Å²) >= 11 is 0. The maximum absolute atomic E-state index is 13.2. The monoisotopic (exact) mass is 546 g/mol. The van der Waals surface area contributed by atoms with Crippen molar-refractivity contribution in [3.8, 4) is 0 Å². The van der Waals surface area contributed by atoms with Gasteiger partial charge in [-0.25, -0.2) is 4.79 Å². The standard InChI is InChI=1S/C25H42N4O7.ClH/c1-25(27-14-18-8-3-2-4-9-18)17-36-13-6-5-12-35-16-19(23(32)33)28-22(31)20-10-7-11-29(20)21(30)15-26-24(25)34;/h18-20,27H,2-17H2,1H3,(H,26,34)(H,28,31)(H,32,33);1H/t19-,20-,25+;/m0./s1. The number of carbonyl (C=O) groups is 4. The Morgan fingerprint density at radius 2 is 1.76 bits per heavy atom. The van der Waals surface area contributed by atoms with Gasteiger partial charge >= 0.3 is 5.97 Å². The second kappa shape index (κ2) is 15.5. The Balaban J connectivity index is 0.00000481. The van der Waals surface area contributed by atoms with Gasteiger partial charge in [0.05, 0.1) is 19.8 Å². The van der Waals surface area contributed by atoms with E-state index in [1.165, 1.54) is 24.2 Å². The summed E-state index contributed by atoms with van der Waals surface area (Å²) in [7, 11) is 0. The number of nitrogens with one attached hydrogen (secondary N) is 3. The van der Waals surface area contributed by atoms with E-state index in [1.807, 2.05) is 0 Å². The first-order chi connectivity index (χ1) is 17.3. The molecule has 3 atom stereocenters. The Bertz CT molecular complexity index is 780. The average Bonchev–Trinajstić information content (AvgIpc) is 3.37. The Morgan fingerprint density at radius 1 is 1.05 bits per heavy atom. The van der Waals surface area contributed by atoms with Crippen molar-refractivity contribution in [1.29, 1.82) is 0 Å². The highest BCUT2D eigenvalue weighted by atomic mass is 35.5. The van der Waals surface area contributed by atoms with Crippen molar-refractivity contribution >= 4 is 36.1 Å². The number of nitrogens with zero attached hydrogens (tertiary/aromatic N) is 1. The third-order valence-electron chi connectivity index (χ3n) is 7.40. The van der Waals surface area contributed by atoms with Crippen molar-refractivity contribution in [3.05, 3.63) is 0 Å². The lowest BCUT2D eigenvalue weighted by molar-refractivity contribution is -0.145. The zero-order valence-electron chi connectivity index (χ0n) is 21.8. The molecule has 0 bridgehead atoms. The molecule has 0 radical (unpaired) electrons. The van der Waals surface area contributed by atoms with Gasteiger partial charge in [-0.2, -0.15) is 0 Å². The minimum atomic E-state index is -1.19. The van der Waals surface area contributed by atoms with Crippen molar-refractivity contribution in [3.63, 3.8) is 0 Å². The molecule has 0 aromatic carbocycles. The van der Waals surface area contributed by atoms with E-state index in [0.717, 1.165) is 12.8 Å².